The number of thiazole rings is 1. The Hall–Kier alpha value is -1.44. The van der Waals surface area contributed by atoms with Gasteiger partial charge in [-0.05, 0) is 30.9 Å². The summed E-state index contributed by atoms with van der Waals surface area (Å²) in [6.45, 7) is 0. The Morgan fingerprint density at radius 1 is 1.43 bits per heavy atom. The van der Waals surface area contributed by atoms with Crippen LogP contribution in [0.2, 0.25) is 9.49 Å². The molecule has 0 aromatic carbocycles. The average molecular weight is 373 g/mol. The number of hydrogen-bond donors (Lipinski definition) is 1. The van der Waals surface area contributed by atoms with E-state index in [0.29, 0.717) is 21.5 Å². The first-order valence-corrected chi connectivity index (χ1v) is 8.66. The van der Waals surface area contributed by atoms with Crippen molar-refractivity contribution in [2.75, 3.05) is 5.32 Å². The number of fused-ring (bicyclic) bond motifs is 4. The number of carbonyl (C=O) groups excluding carboxylic acids is 1. The molecule has 2 aliphatic rings. The van der Waals surface area contributed by atoms with E-state index in [1.165, 1.54) is 6.20 Å². The maximum atomic E-state index is 13.9. The molecule has 2 amide bonds. The van der Waals surface area contributed by atoms with Gasteiger partial charge in [0, 0.05) is 17.8 Å². The Balaban J connectivity index is 1.61. The highest BCUT2D eigenvalue weighted by molar-refractivity contribution is 7.20. The van der Waals surface area contributed by atoms with Crippen LogP contribution in [0.3, 0.4) is 0 Å². The smallest absolute Gasteiger partial charge is 0.314 e. The molecule has 0 spiro atoms. The van der Waals surface area contributed by atoms with Crippen molar-refractivity contribution < 1.29 is 9.18 Å². The van der Waals surface area contributed by atoms with Gasteiger partial charge in [-0.3, -0.25) is 5.32 Å². The molecule has 2 aromatic heterocycles. The zero-order chi connectivity index (χ0) is 16.1. The van der Waals surface area contributed by atoms with Crippen LogP contribution in [0.4, 0.5) is 14.3 Å². The Morgan fingerprint density at radius 2 is 2.26 bits per heavy atom. The van der Waals surface area contributed by atoms with Gasteiger partial charge in [-0.1, -0.05) is 34.5 Å². The molecule has 0 saturated carbocycles. The quantitative estimate of drug-likeness (QED) is 0.760. The fraction of sp³-hybridized carbons (Fsp3) is 0.357. The largest absolute Gasteiger partial charge is 0.324 e. The molecular weight excluding hydrogens is 362 g/mol. The van der Waals surface area contributed by atoms with Crippen molar-refractivity contribution in [1.29, 1.82) is 0 Å². The van der Waals surface area contributed by atoms with E-state index < -0.39 is 5.95 Å². The first kappa shape index (κ1) is 15.1. The van der Waals surface area contributed by atoms with Crippen LogP contribution in [0.5, 0.6) is 0 Å². The van der Waals surface area contributed by atoms with Crippen molar-refractivity contribution in [1.82, 2.24) is 14.9 Å². The van der Waals surface area contributed by atoms with Gasteiger partial charge in [0.05, 0.1) is 6.04 Å². The summed E-state index contributed by atoms with van der Waals surface area (Å²) in [4.78, 5) is 22.1. The predicted octanol–water partition coefficient (Wildman–Crippen LogP) is 4.28. The van der Waals surface area contributed by atoms with Gasteiger partial charge >= 0.3 is 6.03 Å². The average Bonchev–Trinajstić information content (AvgIpc) is 2.99. The first-order chi connectivity index (χ1) is 11.0. The maximum absolute atomic E-state index is 13.9. The van der Waals surface area contributed by atoms with Gasteiger partial charge in [-0.15, -0.1) is 0 Å². The molecule has 1 saturated heterocycles. The molecule has 23 heavy (non-hydrogen) atoms. The van der Waals surface area contributed by atoms with Crippen molar-refractivity contribution in [3.05, 3.63) is 38.8 Å². The van der Waals surface area contributed by atoms with Crippen LogP contribution in [0.15, 0.2) is 12.3 Å². The molecule has 0 aliphatic carbocycles. The Kier molecular flexibility index (Phi) is 3.66. The Labute approximate surface area is 145 Å². The molecule has 120 valence electrons. The summed E-state index contributed by atoms with van der Waals surface area (Å²) in [5.41, 5.74) is 1.47. The molecule has 2 bridgehead atoms. The zero-order valence-corrected chi connectivity index (χ0v) is 14.1. The number of urea groups is 1. The van der Waals surface area contributed by atoms with Crippen LogP contribution in [0.1, 0.15) is 30.0 Å². The van der Waals surface area contributed by atoms with Crippen LogP contribution in [-0.2, 0) is 6.42 Å². The van der Waals surface area contributed by atoms with E-state index in [-0.39, 0.29) is 23.3 Å². The van der Waals surface area contributed by atoms with Gasteiger partial charge < -0.3 is 4.90 Å². The summed E-state index contributed by atoms with van der Waals surface area (Å²) in [5.74, 6) is -0.432. The van der Waals surface area contributed by atoms with Crippen LogP contribution in [0.25, 0.3) is 0 Å². The van der Waals surface area contributed by atoms with Gasteiger partial charge in [0.1, 0.15) is 4.34 Å². The van der Waals surface area contributed by atoms with Crippen molar-refractivity contribution in [2.45, 2.75) is 31.3 Å². The van der Waals surface area contributed by atoms with Crippen LogP contribution >= 0.6 is 34.5 Å². The number of amides is 2. The molecule has 0 radical (unpaired) electrons. The van der Waals surface area contributed by atoms with Gasteiger partial charge in [-0.25, -0.2) is 14.8 Å². The van der Waals surface area contributed by atoms with E-state index >= 15 is 0 Å². The van der Waals surface area contributed by atoms with E-state index in [0.717, 1.165) is 29.7 Å². The second kappa shape index (κ2) is 5.58. The summed E-state index contributed by atoms with van der Waals surface area (Å²) in [6, 6.07) is 1.37. The third-order valence-corrected chi connectivity index (χ3v) is 5.99. The monoisotopic (exact) mass is 372 g/mol. The molecule has 4 rings (SSSR count). The Morgan fingerprint density at radius 3 is 3.00 bits per heavy atom. The van der Waals surface area contributed by atoms with Gasteiger partial charge in [-0.2, -0.15) is 4.39 Å². The standard InChI is InChI=1S/C14H11Cl2FN4OS/c15-10-11(16)23-13(19-10)20-14(22)21-6-1-2-9(21)7-3-4-18-12(17)8(7)5-6/h3-4,6,9H,1-2,5H2,(H,19,20,22)/t6-,9+/m0/s1. The van der Waals surface area contributed by atoms with Gasteiger partial charge in [0.15, 0.2) is 10.3 Å². The van der Waals surface area contributed by atoms with Crippen molar-refractivity contribution in [2.24, 2.45) is 0 Å². The number of halogens is 3. The minimum absolute atomic E-state index is 0.0305. The normalized spacial score (nSPS) is 22.1. The number of hydrogen-bond acceptors (Lipinski definition) is 4. The van der Waals surface area contributed by atoms with Crippen LogP contribution < -0.4 is 5.32 Å². The van der Waals surface area contributed by atoms with Crippen molar-refractivity contribution in [3.8, 4) is 0 Å². The zero-order valence-electron chi connectivity index (χ0n) is 11.7. The minimum Gasteiger partial charge on any atom is -0.314 e. The molecule has 5 nitrogen and oxygen atoms in total. The molecule has 4 heterocycles. The third-order valence-electron chi connectivity index (χ3n) is 4.34. The number of anilines is 1. The highest BCUT2D eigenvalue weighted by Crippen LogP contribution is 2.44. The lowest BCUT2D eigenvalue weighted by Gasteiger charge is -2.35. The molecular formula is C14H11Cl2FN4OS. The van der Waals surface area contributed by atoms with Crippen LogP contribution in [-0.4, -0.2) is 26.9 Å². The molecule has 0 unspecified atom stereocenters. The summed E-state index contributed by atoms with van der Waals surface area (Å²) < 4.78 is 14.2. The number of rotatable bonds is 1. The van der Waals surface area contributed by atoms with Crippen molar-refractivity contribution in [3.63, 3.8) is 0 Å². The highest BCUT2D eigenvalue weighted by Gasteiger charge is 2.43. The van der Waals surface area contributed by atoms with Gasteiger partial charge in [0.2, 0.25) is 5.95 Å². The van der Waals surface area contributed by atoms with E-state index in [2.05, 4.69) is 15.3 Å². The van der Waals surface area contributed by atoms with Crippen LogP contribution in [0, 0.1) is 5.95 Å². The molecule has 2 atom stereocenters. The second-order valence-corrected chi connectivity index (χ2v) is 7.50. The summed E-state index contributed by atoms with van der Waals surface area (Å²) in [7, 11) is 0. The lowest BCUT2D eigenvalue weighted by atomic mass is 9.95. The predicted molar refractivity (Wildman–Crippen MR) is 86.7 cm³/mol. The number of pyridine rings is 1. The Bertz CT molecular complexity index is 780. The maximum Gasteiger partial charge on any atom is 0.324 e. The number of nitrogens with one attached hydrogen (secondary N) is 1. The molecule has 1 fully saturated rings. The first-order valence-electron chi connectivity index (χ1n) is 7.09. The van der Waals surface area contributed by atoms with E-state index in [1.54, 1.807) is 11.0 Å². The van der Waals surface area contributed by atoms with E-state index in [4.69, 9.17) is 23.2 Å². The number of aromatic nitrogens is 2. The summed E-state index contributed by atoms with van der Waals surface area (Å²) in [6.07, 6.45) is 3.58. The molecule has 9 heteroatoms. The fourth-order valence-corrected chi connectivity index (χ4v) is 4.51. The van der Waals surface area contributed by atoms with E-state index in [9.17, 15) is 9.18 Å². The topological polar surface area (TPSA) is 58.1 Å². The lowest BCUT2D eigenvalue weighted by molar-refractivity contribution is 0.178. The summed E-state index contributed by atoms with van der Waals surface area (Å²) in [5, 5.41) is 3.27. The van der Waals surface area contributed by atoms with Crippen molar-refractivity contribution >= 4 is 45.7 Å². The van der Waals surface area contributed by atoms with E-state index in [1.807, 2.05) is 0 Å². The molecule has 2 aromatic rings. The number of nitrogens with zero attached hydrogens (tertiary/aromatic N) is 3. The highest BCUT2D eigenvalue weighted by atomic mass is 35.5. The molecule has 2 aliphatic heterocycles. The minimum atomic E-state index is -0.432. The molecule has 1 N–H and O–H groups in total. The fourth-order valence-electron chi connectivity index (χ4n) is 3.42. The van der Waals surface area contributed by atoms with Gasteiger partial charge in [0.25, 0.3) is 0 Å². The third kappa shape index (κ3) is 2.47. The number of carbonyl (C=O) groups is 1. The SMILES string of the molecule is O=C(Nc1nc(Cl)c(Cl)s1)N1[C@H]2CC[C@@H]1c1ccnc(F)c1C2. The summed E-state index contributed by atoms with van der Waals surface area (Å²) >= 11 is 12.8. The lowest BCUT2D eigenvalue weighted by Crippen LogP contribution is -2.44. The second-order valence-electron chi connectivity index (χ2n) is 5.54.